The summed E-state index contributed by atoms with van der Waals surface area (Å²) in [6, 6.07) is -0.617. The van der Waals surface area contributed by atoms with Crippen LogP contribution in [-0.2, 0) is 19.1 Å². The van der Waals surface area contributed by atoms with Crippen molar-refractivity contribution in [3.05, 3.63) is 12.2 Å². The van der Waals surface area contributed by atoms with E-state index in [1.807, 2.05) is 19.1 Å². The fourth-order valence-corrected chi connectivity index (χ4v) is 4.57. The highest BCUT2D eigenvalue weighted by atomic mass is 16.5. The van der Waals surface area contributed by atoms with Gasteiger partial charge in [-0.15, -0.1) is 0 Å². The van der Waals surface area contributed by atoms with Crippen LogP contribution in [0.3, 0.4) is 0 Å². The Balaban J connectivity index is 2.33. The van der Waals surface area contributed by atoms with E-state index in [4.69, 9.17) is 9.84 Å². The molecule has 1 aliphatic carbocycles. The van der Waals surface area contributed by atoms with Gasteiger partial charge in [-0.2, -0.15) is 0 Å². The Morgan fingerprint density at radius 1 is 1.17 bits per heavy atom. The molecule has 0 spiro atoms. The van der Waals surface area contributed by atoms with E-state index in [2.05, 4.69) is 12.2 Å². The molecule has 2 rings (SSSR count). The molecule has 2 amide bonds. The first-order chi connectivity index (χ1) is 14.0. The van der Waals surface area contributed by atoms with E-state index in [0.29, 0.717) is 25.9 Å². The van der Waals surface area contributed by atoms with Crippen LogP contribution < -0.4 is 5.32 Å². The summed E-state index contributed by atoms with van der Waals surface area (Å²) in [4.78, 5) is 40.8. The molecule has 0 saturated carbocycles. The van der Waals surface area contributed by atoms with Crippen molar-refractivity contribution >= 4 is 17.8 Å². The number of aliphatic hydroxyl groups is 1. The zero-order valence-corrected chi connectivity index (χ0v) is 17.9. The van der Waals surface area contributed by atoms with Crippen LogP contribution in [0.5, 0.6) is 0 Å². The summed E-state index contributed by atoms with van der Waals surface area (Å²) in [7, 11) is 0. The van der Waals surface area contributed by atoms with E-state index >= 15 is 0 Å². The molecular formula is C22H36N2O5. The van der Waals surface area contributed by atoms with Crippen molar-refractivity contribution in [2.75, 3.05) is 26.3 Å². The average Bonchev–Trinajstić information content (AvgIpc) is 2.99. The number of likely N-dealkylation sites (tertiary alicyclic amines) is 1. The quantitative estimate of drug-likeness (QED) is 0.309. The molecule has 2 aliphatic rings. The lowest BCUT2D eigenvalue weighted by Gasteiger charge is -2.33. The molecule has 0 radical (unpaired) electrons. The van der Waals surface area contributed by atoms with Gasteiger partial charge in [0, 0.05) is 25.6 Å². The highest BCUT2D eigenvalue weighted by molar-refractivity contribution is 5.96. The van der Waals surface area contributed by atoms with E-state index in [-0.39, 0.29) is 42.8 Å². The summed E-state index contributed by atoms with van der Waals surface area (Å²) in [5.41, 5.74) is 0. The Bertz CT molecular complexity index is 606. The van der Waals surface area contributed by atoms with E-state index in [1.54, 1.807) is 11.8 Å². The molecule has 7 nitrogen and oxygen atoms in total. The van der Waals surface area contributed by atoms with Gasteiger partial charge in [-0.3, -0.25) is 14.4 Å². The fourth-order valence-electron chi connectivity index (χ4n) is 4.57. The van der Waals surface area contributed by atoms with Crippen LogP contribution in [0.1, 0.15) is 52.9 Å². The Kier molecular flexibility index (Phi) is 9.14. The number of allylic oxidation sites excluding steroid dienone is 1. The van der Waals surface area contributed by atoms with Crippen LogP contribution in [0.2, 0.25) is 0 Å². The standard InChI is InChI=1S/C22H36N2O5/c1-4-7-12-23-20(26)19-16-11-10-15(5-2)17(22(28)29-6-3)18(16)21(27)24(19)13-8-9-14-25/h10-11,15-19,25H,4-9,12-14H2,1-3H3,(H,23,26)/t15-,16+,17-,18+,19+/m1/s1. The van der Waals surface area contributed by atoms with Gasteiger partial charge in [0.2, 0.25) is 11.8 Å². The molecule has 0 aromatic rings. The summed E-state index contributed by atoms with van der Waals surface area (Å²) < 4.78 is 5.30. The van der Waals surface area contributed by atoms with Gasteiger partial charge >= 0.3 is 5.97 Å². The summed E-state index contributed by atoms with van der Waals surface area (Å²) in [6.45, 7) is 7.10. The number of unbranched alkanes of at least 4 members (excludes halogenated alkanes) is 2. The van der Waals surface area contributed by atoms with Crippen molar-refractivity contribution in [3.8, 4) is 0 Å². The van der Waals surface area contributed by atoms with Gasteiger partial charge in [0.15, 0.2) is 0 Å². The zero-order valence-electron chi connectivity index (χ0n) is 17.9. The first-order valence-electron chi connectivity index (χ1n) is 11.1. The van der Waals surface area contributed by atoms with E-state index < -0.39 is 17.9 Å². The molecule has 1 fully saturated rings. The van der Waals surface area contributed by atoms with E-state index in [9.17, 15) is 14.4 Å². The number of nitrogens with one attached hydrogen (secondary N) is 1. The minimum absolute atomic E-state index is 0.0471. The maximum atomic E-state index is 13.4. The van der Waals surface area contributed by atoms with Gasteiger partial charge in [-0.25, -0.2) is 0 Å². The molecule has 29 heavy (non-hydrogen) atoms. The third kappa shape index (κ3) is 5.18. The maximum Gasteiger partial charge on any atom is 0.310 e. The van der Waals surface area contributed by atoms with Gasteiger partial charge < -0.3 is 20.1 Å². The van der Waals surface area contributed by atoms with Gasteiger partial charge in [-0.05, 0) is 38.5 Å². The van der Waals surface area contributed by atoms with Crippen molar-refractivity contribution < 1.29 is 24.2 Å². The van der Waals surface area contributed by atoms with Gasteiger partial charge in [0.25, 0.3) is 0 Å². The summed E-state index contributed by atoms with van der Waals surface area (Å²) in [5, 5.41) is 12.1. The minimum Gasteiger partial charge on any atom is -0.466 e. The summed E-state index contributed by atoms with van der Waals surface area (Å²) in [5.74, 6) is -2.20. The molecule has 2 N–H and O–H groups in total. The second-order valence-corrected chi connectivity index (χ2v) is 7.89. The third-order valence-corrected chi connectivity index (χ3v) is 6.05. The average molecular weight is 409 g/mol. The number of nitrogens with zero attached hydrogens (tertiary/aromatic N) is 1. The number of amides is 2. The number of aliphatic hydroxyl groups excluding tert-OH is 1. The normalized spacial score (nSPS) is 28.3. The largest absolute Gasteiger partial charge is 0.466 e. The van der Waals surface area contributed by atoms with Crippen LogP contribution in [0.15, 0.2) is 12.2 Å². The van der Waals surface area contributed by atoms with Crippen molar-refractivity contribution in [2.45, 2.75) is 58.9 Å². The number of carbonyl (C=O) groups excluding carboxylic acids is 3. The lowest BCUT2D eigenvalue weighted by Crippen LogP contribution is -2.47. The molecule has 164 valence electrons. The predicted molar refractivity (Wildman–Crippen MR) is 110 cm³/mol. The highest BCUT2D eigenvalue weighted by Crippen LogP contribution is 2.45. The molecule has 0 unspecified atom stereocenters. The van der Waals surface area contributed by atoms with Crippen LogP contribution in [-0.4, -0.2) is 60.1 Å². The SMILES string of the molecule is CCCCNC(=O)[C@@H]1[C@H]2C=C[C@@H](CC)[C@@H](C(=O)OCC)[C@H]2C(=O)N1CCCCO. The highest BCUT2D eigenvalue weighted by Gasteiger charge is 2.57. The van der Waals surface area contributed by atoms with Crippen LogP contribution in [0, 0.1) is 23.7 Å². The number of ether oxygens (including phenoxy) is 1. The van der Waals surface area contributed by atoms with Gasteiger partial charge in [-0.1, -0.05) is 32.4 Å². The number of hydrogen-bond acceptors (Lipinski definition) is 5. The Labute approximate surface area is 173 Å². The monoisotopic (exact) mass is 408 g/mol. The van der Waals surface area contributed by atoms with Crippen LogP contribution >= 0.6 is 0 Å². The Morgan fingerprint density at radius 3 is 2.55 bits per heavy atom. The zero-order chi connectivity index (χ0) is 21.4. The molecule has 7 heteroatoms. The van der Waals surface area contributed by atoms with Crippen molar-refractivity contribution in [2.24, 2.45) is 23.7 Å². The molecule has 0 aromatic heterocycles. The van der Waals surface area contributed by atoms with E-state index in [0.717, 1.165) is 19.3 Å². The second-order valence-electron chi connectivity index (χ2n) is 7.89. The third-order valence-electron chi connectivity index (χ3n) is 6.05. The van der Waals surface area contributed by atoms with Crippen LogP contribution in [0.4, 0.5) is 0 Å². The fraction of sp³-hybridized carbons (Fsp3) is 0.773. The topological polar surface area (TPSA) is 95.9 Å². The summed E-state index contributed by atoms with van der Waals surface area (Å²) >= 11 is 0. The van der Waals surface area contributed by atoms with Crippen molar-refractivity contribution in [1.82, 2.24) is 10.2 Å². The molecule has 0 aromatic carbocycles. The molecule has 1 aliphatic heterocycles. The Morgan fingerprint density at radius 2 is 1.93 bits per heavy atom. The number of hydrogen-bond donors (Lipinski definition) is 2. The number of rotatable bonds is 11. The van der Waals surface area contributed by atoms with E-state index in [1.165, 1.54) is 0 Å². The van der Waals surface area contributed by atoms with Crippen LogP contribution in [0.25, 0.3) is 0 Å². The lowest BCUT2D eigenvalue weighted by atomic mass is 9.69. The molecule has 0 bridgehead atoms. The predicted octanol–water partition coefficient (Wildman–Crippen LogP) is 1.89. The molecule has 5 atom stereocenters. The lowest BCUT2D eigenvalue weighted by molar-refractivity contribution is -0.155. The second kappa shape index (κ2) is 11.3. The number of esters is 1. The molecule has 1 heterocycles. The summed E-state index contributed by atoms with van der Waals surface area (Å²) in [6.07, 6.45) is 7.71. The van der Waals surface area contributed by atoms with Crippen molar-refractivity contribution in [1.29, 1.82) is 0 Å². The van der Waals surface area contributed by atoms with Gasteiger partial charge in [0.05, 0.1) is 18.4 Å². The smallest absolute Gasteiger partial charge is 0.310 e. The molecule has 1 saturated heterocycles. The molecular weight excluding hydrogens is 372 g/mol. The first-order valence-corrected chi connectivity index (χ1v) is 11.1. The van der Waals surface area contributed by atoms with Crippen molar-refractivity contribution in [3.63, 3.8) is 0 Å². The van der Waals surface area contributed by atoms with Gasteiger partial charge in [0.1, 0.15) is 6.04 Å². The maximum absolute atomic E-state index is 13.4. The Hall–Kier alpha value is -1.89. The minimum atomic E-state index is -0.617. The number of fused-ring (bicyclic) bond motifs is 1. The first kappa shape index (κ1) is 23.4. The number of carbonyl (C=O) groups is 3.